The lowest BCUT2D eigenvalue weighted by Crippen LogP contribution is -2.48. The van der Waals surface area contributed by atoms with E-state index < -0.39 is 13.1 Å². The molecular formula is C16H25BN4O4S. The largest absolute Gasteiger partial charge is 0.475 e. The van der Waals surface area contributed by atoms with Gasteiger partial charge in [0.25, 0.3) is 0 Å². The average Bonchev–Trinajstić information content (AvgIpc) is 3.46. The fraction of sp³-hybridized carbons (Fsp3) is 0.625. The van der Waals surface area contributed by atoms with Gasteiger partial charge in [0.05, 0.1) is 25.7 Å². The number of rotatable bonds is 9. The zero-order valence-electron chi connectivity index (χ0n) is 14.6. The summed E-state index contributed by atoms with van der Waals surface area (Å²) >= 11 is 1.32. The molecular weight excluding hydrogens is 355 g/mol. The highest BCUT2D eigenvalue weighted by molar-refractivity contribution is 7.97. The number of anilines is 1. The first kappa shape index (κ1) is 19.4. The topological polar surface area (TPSA) is 107 Å². The van der Waals surface area contributed by atoms with Gasteiger partial charge in [-0.2, -0.15) is 0 Å². The molecule has 1 aliphatic carbocycles. The Morgan fingerprint density at radius 1 is 1.38 bits per heavy atom. The van der Waals surface area contributed by atoms with Crippen LogP contribution in [0.4, 0.5) is 5.82 Å². The van der Waals surface area contributed by atoms with Crippen LogP contribution in [0.2, 0.25) is 0 Å². The molecule has 1 saturated heterocycles. The van der Waals surface area contributed by atoms with Crippen molar-refractivity contribution in [1.29, 1.82) is 0 Å². The number of amides is 1. The molecule has 1 saturated carbocycles. The van der Waals surface area contributed by atoms with E-state index in [9.17, 15) is 14.8 Å². The van der Waals surface area contributed by atoms with Gasteiger partial charge >= 0.3 is 7.12 Å². The maximum atomic E-state index is 12.0. The number of aromatic nitrogens is 1. The number of carbonyl (C=O) groups is 1. The molecule has 3 rings (SSSR count). The SMILES string of the molecule is O=C(CNSc1ccc(N2CCOCC2)nc1)NC(CC1CC1)B(O)O. The van der Waals surface area contributed by atoms with Gasteiger partial charge in [-0.15, -0.1) is 0 Å². The molecule has 1 aromatic rings. The van der Waals surface area contributed by atoms with E-state index in [-0.39, 0.29) is 12.5 Å². The van der Waals surface area contributed by atoms with E-state index >= 15 is 0 Å². The predicted octanol–water partition coefficient (Wildman–Crippen LogP) is -0.188. The first-order valence-electron chi connectivity index (χ1n) is 8.96. The first-order chi connectivity index (χ1) is 12.6. The van der Waals surface area contributed by atoms with Gasteiger partial charge in [0.15, 0.2) is 0 Å². The minimum Gasteiger partial charge on any atom is -0.426 e. The second-order valence-corrected chi connectivity index (χ2v) is 7.61. The van der Waals surface area contributed by atoms with Crippen molar-refractivity contribution in [1.82, 2.24) is 15.0 Å². The summed E-state index contributed by atoms with van der Waals surface area (Å²) in [6, 6.07) is 3.92. The van der Waals surface area contributed by atoms with Crippen molar-refractivity contribution in [3.05, 3.63) is 18.3 Å². The summed E-state index contributed by atoms with van der Waals surface area (Å²) in [5, 5.41) is 21.4. The van der Waals surface area contributed by atoms with Crippen molar-refractivity contribution in [3.8, 4) is 0 Å². The van der Waals surface area contributed by atoms with Gasteiger partial charge in [-0.1, -0.05) is 12.8 Å². The van der Waals surface area contributed by atoms with Crippen LogP contribution in [0.1, 0.15) is 19.3 Å². The third-order valence-corrected chi connectivity index (χ3v) is 5.23. The van der Waals surface area contributed by atoms with Crippen molar-refractivity contribution in [3.63, 3.8) is 0 Å². The summed E-state index contributed by atoms with van der Waals surface area (Å²) in [6.07, 6.45) is 4.58. The maximum Gasteiger partial charge on any atom is 0.475 e. The number of carbonyl (C=O) groups excluding carboxylic acids is 1. The monoisotopic (exact) mass is 380 g/mol. The Hall–Kier alpha value is -1.33. The number of ether oxygens (including phenoxy) is 1. The van der Waals surface area contributed by atoms with E-state index in [1.165, 1.54) is 11.9 Å². The number of morpholine rings is 1. The van der Waals surface area contributed by atoms with Crippen LogP contribution >= 0.6 is 11.9 Å². The van der Waals surface area contributed by atoms with Crippen LogP contribution in [0.25, 0.3) is 0 Å². The Morgan fingerprint density at radius 2 is 2.15 bits per heavy atom. The number of hydrogen-bond acceptors (Lipinski definition) is 8. The van der Waals surface area contributed by atoms with Crippen LogP contribution in [-0.2, 0) is 9.53 Å². The van der Waals surface area contributed by atoms with Crippen LogP contribution in [0.15, 0.2) is 23.2 Å². The van der Waals surface area contributed by atoms with Gasteiger partial charge < -0.3 is 25.0 Å². The lowest BCUT2D eigenvalue weighted by molar-refractivity contribution is -0.120. The first-order valence-corrected chi connectivity index (χ1v) is 9.77. The fourth-order valence-electron chi connectivity index (χ4n) is 2.82. The fourth-order valence-corrected chi connectivity index (χ4v) is 3.43. The van der Waals surface area contributed by atoms with Gasteiger partial charge in [0.1, 0.15) is 5.82 Å². The molecule has 0 aromatic carbocycles. The van der Waals surface area contributed by atoms with E-state index in [0.29, 0.717) is 12.3 Å². The molecule has 1 aromatic heterocycles. The zero-order chi connectivity index (χ0) is 18.4. The molecule has 0 bridgehead atoms. The van der Waals surface area contributed by atoms with Crippen molar-refractivity contribution in [2.24, 2.45) is 5.92 Å². The maximum absolute atomic E-state index is 12.0. The normalized spacial score (nSPS) is 18.5. The Kier molecular flexibility index (Phi) is 7.15. The molecule has 8 nitrogen and oxygen atoms in total. The molecule has 1 unspecified atom stereocenters. The Bertz CT molecular complexity index is 582. The Morgan fingerprint density at radius 3 is 2.77 bits per heavy atom. The molecule has 4 N–H and O–H groups in total. The average molecular weight is 380 g/mol. The highest BCUT2D eigenvalue weighted by Crippen LogP contribution is 2.33. The zero-order valence-corrected chi connectivity index (χ0v) is 15.5. The van der Waals surface area contributed by atoms with E-state index in [2.05, 4.69) is 19.9 Å². The van der Waals surface area contributed by atoms with Crippen molar-refractivity contribution >= 4 is 30.8 Å². The summed E-state index contributed by atoms with van der Waals surface area (Å²) in [5.74, 6) is 0.571. The summed E-state index contributed by atoms with van der Waals surface area (Å²) in [5.41, 5.74) is 0. The number of nitrogens with zero attached hydrogens (tertiary/aromatic N) is 2. The quantitative estimate of drug-likeness (QED) is 0.345. The minimum absolute atomic E-state index is 0.0871. The van der Waals surface area contributed by atoms with E-state index in [0.717, 1.165) is 49.9 Å². The molecule has 2 heterocycles. The molecule has 26 heavy (non-hydrogen) atoms. The number of pyridine rings is 1. The van der Waals surface area contributed by atoms with Crippen LogP contribution in [0.5, 0.6) is 0 Å². The number of nitrogens with one attached hydrogen (secondary N) is 2. The second kappa shape index (κ2) is 9.56. The van der Waals surface area contributed by atoms with Crippen molar-refractivity contribution in [2.75, 3.05) is 37.7 Å². The molecule has 0 radical (unpaired) electrons. The van der Waals surface area contributed by atoms with Gasteiger partial charge in [0.2, 0.25) is 5.91 Å². The second-order valence-electron chi connectivity index (χ2n) is 6.64. The number of hydrogen-bond donors (Lipinski definition) is 4. The van der Waals surface area contributed by atoms with Gasteiger partial charge in [-0.25, -0.2) is 4.98 Å². The minimum atomic E-state index is -1.52. The molecule has 2 aliphatic rings. The molecule has 142 valence electrons. The van der Waals surface area contributed by atoms with E-state index in [4.69, 9.17) is 4.74 Å². The lowest BCUT2D eigenvalue weighted by Gasteiger charge is -2.27. The molecule has 2 fully saturated rings. The van der Waals surface area contributed by atoms with E-state index in [1.54, 1.807) is 6.20 Å². The summed E-state index contributed by atoms with van der Waals surface area (Å²) in [6.45, 7) is 3.22. The van der Waals surface area contributed by atoms with Crippen LogP contribution in [-0.4, -0.2) is 66.8 Å². The predicted molar refractivity (Wildman–Crippen MR) is 101 cm³/mol. The summed E-state index contributed by atoms with van der Waals surface area (Å²) in [7, 11) is -1.52. The molecule has 0 spiro atoms. The van der Waals surface area contributed by atoms with Crippen molar-refractivity contribution in [2.45, 2.75) is 30.1 Å². The Labute approximate surface area is 158 Å². The van der Waals surface area contributed by atoms with Crippen LogP contribution < -0.4 is 14.9 Å². The highest BCUT2D eigenvalue weighted by Gasteiger charge is 2.32. The van der Waals surface area contributed by atoms with E-state index in [1.807, 2.05) is 12.1 Å². The molecule has 10 heteroatoms. The summed E-state index contributed by atoms with van der Waals surface area (Å²) < 4.78 is 8.32. The van der Waals surface area contributed by atoms with Gasteiger partial charge in [-0.3, -0.25) is 9.52 Å². The standard InChI is InChI=1S/C16H25BN4O4S/c22-16(20-14(17(23)24)9-12-1-2-12)11-19-26-13-3-4-15(18-10-13)21-5-7-25-8-6-21/h3-4,10,12,14,19,23-24H,1-2,5-9,11H2,(H,20,22). The molecule has 1 aliphatic heterocycles. The van der Waals surface area contributed by atoms with Crippen molar-refractivity contribution < 1.29 is 19.6 Å². The third-order valence-electron chi connectivity index (χ3n) is 4.47. The van der Waals surface area contributed by atoms with Gasteiger partial charge in [0, 0.05) is 24.2 Å². The van der Waals surface area contributed by atoms with Crippen LogP contribution in [0.3, 0.4) is 0 Å². The highest BCUT2D eigenvalue weighted by atomic mass is 32.2. The lowest BCUT2D eigenvalue weighted by atomic mass is 9.76. The molecule has 1 amide bonds. The van der Waals surface area contributed by atoms with Crippen LogP contribution in [0, 0.1) is 5.92 Å². The van der Waals surface area contributed by atoms with Gasteiger partial charge in [-0.05, 0) is 36.4 Å². The smallest absolute Gasteiger partial charge is 0.426 e. The third kappa shape index (κ3) is 6.13. The Balaban J connectivity index is 1.38. The molecule has 1 atom stereocenters. The summed E-state index contributed by atoms with van der Waals surface area (Å²) in [4.78, 5) is 19.5.